The third-order valence-electron chi connectivity index (χ3n) is 2.99. The average molecular weight is 346 g/mol. The molecule has 2 N–H and O–H groups in total. The molecular formula is C14H20ClN3OS2. The molecule has 1 atom stereocenters. The molecule has 2 rings (SSSR count). The SMILES string of the molecule is CCCNc1cc(C(=O)NCC2CSCCS2)cc(Cl)n1. The fraction of sp³-hybridized carbons (Fsp3) is 0.571. The van der Waals surface area contributed by atoms with Crippen molar-refractivity contribution < 1.29 is 4.79 Å². The molecule has 0 spiro atoms. The van der Waals surface area contributed by atoms with Crippen molar-refractivity contribution in [2.24, 2.45) is 0 Å². The highest BCUT2D eigenvalue weighted by Gasteiger charge is 2.16. The fourth-order valence-electron chi connectivity index (χ4n) is 1.93. The molecule has 1 unspecified atom stereocenters. The van der Waals surface area contributed by atoms with Gasteiger partial charge in [0.1, 0.15) is 11.0 Å². The molecule has 1 saturated heterocycles. The Kier molecular flexibility index (Phi) is 6.99. The van der Waals surface area contributed by atoms with Crippen LogP contribution in [-0.2, 0) is 0 Å². The molecule has 1 aliphatic rings. The van der Waals surface area contributed by atoms with Gasteiger partial charge in [-0.3, -0.25) is 4.79 Å². The summed E-state index contributed by atoms with van der Waals surface area (Å²) in [5.74, 6) is 4.04. The zero-order chi connectivity index (χ0) is 15.1. The standard InChI is InChI=1S/C14H20ClN3OS2/c1-2-3-16-13-7-10(6-12(15)18-13)14(19)17-8-11-9-20-4-5-21-11/h6-7,11H,2-5,8-9H2,1H3,(H,16,18)(H,17,19). The Morgan fingerprint density at radius 3 is 3.05 bits per heavy atom. The van der Waals surface area contributed by atoms with Crippen molar-refractivity contribution in [2.75, 3.05) is 35.7 Å². The normalized spacial score (nSPS) is 18.3. The quantitative estimate of drug-likeness (QED) is 0.776. The lowest BCUT2D eigenvalue weighted by molar-refractivity contribution is 0.0954. The summed E-state index contributed by atoms with van der Waals surface area (Å²) in [6.07, 6.45) is 0.992. The molecular weight excluding hydrogens is 326 g/mol. The largest absolute Gasteiger partial charge is 0.370 e. The number of hydrogen-bond acceptors (Lipinski definition) is 5. The Morgan fingerprint density at radius 1 is 1.48 bits per heavy atom. The van der Waals surface area contributed by atoms with E-state index in [-0.39, 0.29) is 5.91 Å². The van der Waals surface area contributed by atoms with Gasteiger partial charge in [0, 0.05) is 41.2 Å². The fourth-order valence-corrected chi connectivity index (χ4v) is 4.76. The van der Waals surface area contributed by atoms with Crippen molar-refractivity contribution in [1.82, 2.24) is 10.3 Å². The molecule has 0 aliphatic carbocycles. The van der Waals surface area contributed by atoms with Crippen LogP contribution in [-0.4, -0.2) is 46.5 Å². The van der Waals surface area contributed by atoms with Gasteiger partial charge in [-0.05, 0) is 18.6 Å². The van der Waals surface area contributed by atoms with Gasteiger partial charge in [-0.2, -0.15) is 23.5 Å². The van der Waals surface area contributed by atoms with E-state index in [1.807, 2.05) is 23.5 Å². The van der Waals surface area contributed by atoms with Crippen molar-refractivity contribution >= 4 is 46.8 Å². The first-order valence-corrected chi connectivity index (χ1v) is 9.66. The van der Waals surface area contributed by atoms with E-state index in [1.54, 1.807) is 12.1 Å². The lowest BCUT2D eigenvalue weighted by atomic mass is 10.2. The molecule has 1 aromatic rings. The number of anilines is 1. The molecule has 0 saturated carbocycles. The Labute approximate surface area is 139 Å². The minimum Gasteiger partial charge on any atom is -0.370 e. The predicted octanol–water partition coefficient (Wildman–Crippen LogP) is 3.14. The van der Waals surface area contributed by atoms with Gasteiger partial charge in [-0.15, -0.1) is 0 Å². The van der Waals surface area contributed by atoms with Crippen LogP contribution in [0.1, 0.15) is 23.7 Å². The monoisotopic (exact) mass is 345 g/mol. The van der Waals surface area contributed by atoms with Crippen LogP contribution in [0.4, 0.5) is 5.82 Å². The summed E-state index contributed by atoms with van der Waals surface area (Å²) in [6, 6.07) is 3.36. The Bertz CT molecular complexity index is 481. The van der Waals surface area contributed by atoms with Crippen LogP contribution >= 0.6 is 35.1 Å². The van der Waals surface area contributed by atoms with Crippen LogP contribution in [0.2, 0.25) is 5.15 Å². The van der Waals surface area contributed by atoms with Crippen molar-refractivity contribution in [3.63, 3.8) is 0 Å². The maximum absolute atomic E-state index is 12.2. The molecule has 4 nitrogen and oxygen atoms in total. The van der Waals surface area contributed by atoms with E-state index in [0.29, 0.717) is 28.3 Å². The summed E-state index contributed by atoms with van der Waals surface area (Å²) >= 11 is 9.87. The molecule has 1 amide bonds. The third-order valence-corrected chi connectivity index (χ3v) is 6.03. The highest BCUT2D eigenvalue weighted by Crippen LogP contribution is 2.23. The topological polar surface area (TPSA) is 54.0 Å². The summed E-state index contributed by atoms with van der Waals surface area (Å²) in [6.45, 7) is 3.59. The molecule has 1 fully saturated rings. The lowest BCUT2D eigenvalue weighted by Gasteiger charge is -2.21. The van der Waals surface area contributed by atoms with Crippen molar-refractivity contribution in [1.29, 1.82) is 0 Å². The highest BCUT2D eigenvalue weighted by atomic mass is 35.5. The van der Waals surface area contributed by atoms with Crippen LogP contribution in [0.5, 0.6) is 0 Å². The van der Waals surface area contributed by atoms with Crippen LogP contribution < -0.4 is 10.6 Å². The lowest BCUT2D eigenvalue weighted by Crippen LogP contribution is -2.33. The zero-order valence-corrected chi connectivity index (χ0v) is 14.4. The second-order valence-corrected chi connectivity index (χ2v) is 7.71. The minimum absolute atomic E-state index is 0.0879. The maximum Gasteiger partial charge on any atom is 0.251 e. The second-order valence-electron chi connectivity index (χ2n) is 4.77. The molecule has 2 heterocycles. The summed E-state index contributed by atoms with van der Waals surface area (Å²) in [5, 5.41) is 6.98. The second kappa shape index (κ2) is 8.76. The van der Waals surface area contributed by atoms with Crippen molar-refractivity contribution in [3.8, 4) is 0 Å². The van der Waals surface area contributed by atoms with Crippen LogP contribution in [0, 0.1) is 0 Å². The number of amides is 1. The summed E-state index contributed by atoms with van der Waals surface area (Å²) in [7, 11) is 0. The van der Waals surface area contributed by atoms with E-state index in [9.17, 15) is 4.79 Å². The number of aromatic nitrogens is 1. The smallest absolute Gasteiger partial charge is 0.251 e. The van der Waals surface area contributed by atoms with Gasteiger partial charge in [0.2, 0.25) is 0 Å². The summed E-state index contributed by atoms with van der Waals surface area (Å²) in [4.78, 5) is 16.4. The third kappa shape index (κ3) is 5.60. The zero-order valence-electron chi connectivity index (χ0n) is 12.0. The van der Waals surface area contributed by atoms with Crippen LogP contribution in [0.15, 0.2) is 12.1 Å². The minimum atomic E-state index is -0.0879. The number of pyridine rings is 1. The summed E-state index contributed by atoms with van der Waals surface area (Å²) < 4.78 is 0. The molecule has 21 heavy (non-hydrogen) atoms. The molecule has 7 heteroatoms. The van der Waals surface area contributed by atoms with Gasteiger partial charge in [-0.25, -0.2) is 4.98 Å². The first kappa shape index (κ1) is 16.8. The molecule has 0 bridgehead atoms. The average Bonchev–Trinajstić information content (AvgIpc) is 2.51. The molecule has 1 aromatic heterocycles. The van der Waals surface area contributed by atoms with Gasteiger partial charge < -0.3 is 10.6 Å². The first-order chi connectivity index (χ1) is 10.2. The molecule has 116 valence electrons. The molecule has 1 aliphatic heterocycles. The van der Waals surface area contributed by atoms with Gasteiger partial charge in [0.25, 0.3) is 5.91 Å². The van der Waals surface area contributed by atoms with E-state index >= 15 is 0 Å². The van der Waals surface area contributed by atoms with Crippen molar-refractivity contribution in [3.05, 3.63) is 22.8 Å². The highest BCUT2D eigenvalue weighted by molar-refractivity contribution is 8.06. The van der Waals surface area contributed by atoms with E-state index in [2.05, 4.69) is 22.5 Å². The van der Waals surface area contributed by atoms with Gasteiger partial charge >= 0.3 is 0 Å². The number of thioether (sulfide) groups is 2. The van der Waals surface area contributed by atoms with Crippen LogP contribution in [0.25, 0.3) is 0 Å². The number of rotatable bonds is 6. The number of nitrogens with zero attached hydrogens (tertiary/aromatic N) is 1. The Morgan fingerprint density at radius 2 is 2.33 bits per heavy atom. The Hall–Kier alpha value is -0.590. The van der Waals surface area contributed by atoms with E-state index in [0.717, 1.165) is 24.5 Å². The number of hydrogen-bond donors (Lipinski definition) is 2. The number of carbonyl (C=O) groups is 1. The van der Waals surface area contributed by atoms with E-state index in [1.165, 1.54) is 5.75 Å². The predicted molar refractivity (Wildman–Crippen MR) is 93.9 cm³/mol. The van der Waals surface area contributed by atoms with Crippen molar-refractivity contribution in [2.45, 2.75) is 18.6 Å². The van der Waals surface area contributed by atoms with E-state index < -0.39 is 0 Å². The van der Waals surface area contributed by atoms with Gasteiger partial charge in [0.15, 0.2) is 0 Å². The summed E-state index contributed by atoms with van der Waals surface area (Å²) in [5.41, 5.74) is 0.557. The van der Waals surface area contributed by atoms with Crippen LogP contribution in [0.3, 0.4) is 0 Å². The van der Waals surface area contributed by atoms with Gasteiger partial charge in [-0.1, -0.05) is 18.5 Å². The Balaban J connectivity index is 1.92. The number of nitrogens with one attached hydrogen (secondary N) is 2. The molecule has 0 radical (unpaired) electrons. The number of carbonyl (C=O) groups excluding carboxylic acids is 1. The van der Waals surface area contributed by atoms with E-state index in [4.69, 9.17) is 11.6 Å². The number of halogens is 1. The molecule has 0 aromatic carbocycles. The first-order valence-electron chi connectivity index (χ1n) is 7.08. The van der Waals surface area contributed by atoms with Gasteiger partial charge in [0.05, 0.1) is 0 Å². The maximum atomic E-state index is 12.2.